The summed E-state index contributed by atoms with van der Waals surface area (Å²) in [5, 5.41) is 12.5. The summed E-state index contributed by atoms with van der Waals surface area (Å²) in [6.45, 7) is 0.986. The number of aliphatic carboxylic acids is 1. The van der Waals surface area contributed by atoms with Gasteiger partial charge in [0.2, 0.25) is 5.91 Å². The third kappa shape index (κ3) is 5.26. The molecule has 1 aromatic carbocycles. The van der Waals surface area contributed by atoms with Crippen LogP contribution < -0.4 is 5.32 Å². The molecule has 1 aromatic rings. The molecule has 0 heterocycles. The SMILES string of the molecule is C[C@H]([C@H](C(=O)Nc1cccc(CC2(C(=O)O)CC2)c1Cl)C1C=CC(Cl)=CC1)C(F)(F)F. The zero-order chi connectivity index (χ0) is 23.0. The molecule has 1 unspecified atom stereocenters. The maximum atomic E-state index is 13.5. The van der Waals surface area contributed by atoms with Crippen LogP contribution in [0.2, 0.25) is 5.02 Å². The van der Waals surface area contributed by atoms with Crippen LogP contribution in [0.25, 0.3) is 0 Å². The van der Waals surface area contributed by atoms with Crippen molar-refractivity contribution < 1.29 is 27.9 Å². The molecule has 0 spiro atoms. The first kappa shape index (κ1) is 23.7. The molecule has 0 radical (unpaired) electrons. The van der Waals surface area contributed by atoms with Crippen LogP contribution >= 0.6 is 23.2 Å². The molecule has 3 rings (SSSR count). The Bertz CT molecular complexity index is 938. The summed E-state index contributed by atoms with van der Waals surface area (Å²) in [5.74, 6) is -5.66. The highest BCUT2D eigenvalue weighted by Gasteiger charge is 2.50. The van der Waals surface area contributed by atoms with Gasteiger partial charge in [-0.1, -0.05) is 54.4 Å². The lowest BCUT2D eigenvalue weighted by atomic mass is 9.78. The average Bonchev–Trinajstić information content (AvgIpc) is 3.47. The minimum absolute atomic E-state index is 0.143. The van der Waals surface area contributed by atoms with Gasteiger partial charge in [-0.05, 0) is 49.3 Å². The maximum absolute atomic E-state index is 13.5. The van der Waals surface area contributed by atoms with Crippen LogP contribution in [0.3, 0.4) is 0 Å². The summed E-state index contributed by atoms with van der Waals surface area (Å²) in [5.41, 5.74) is -0.164. The van der Waals surface area contributed by atoms with E-state index >= 15 is 0 Å². The minimum atomic E-state index is -4.56. The number of halogens is 5. The molecule has 0 bridgehead atoms. The Balaban J connectivity index is 1.84. The van der Waals surface area contributed by atoms with Gasteiger partial charge in [-0.3, -0.25) is 9.59 Å². The van der Waals surface area contributed by atoms with Crippen molar-refractivity contribution in [2.24, 2.45) is 23.2 Å². The summed E-state index contributed by atoms with van der Waals surface area (Å²) >= 11 is 12.3. The van der Waals surface area contributed by atoms with Crippen molar-refractivity contribution >= 4 is 40.8 Å². The van der Waals surface area contributed by atoms with E-state index in [-0.39, 0.29) is 23.6 Å². The highest BCUT2D eigenvalue weighted by Crippen LogP contribution is 2.50. The number of carboxylic acids is 1. The van der Waals surface area contributed by atoms with Crippen LogP contribution in [0, 0.1) is 23.2 Å². The molecule has 1 fully saturated rings. The Kier molecular flexibility index (Phi) is 6.77. The van der Waals surface area contributed by atoms with E-state index in [9.17, 15) is 27.9 Å². The van der Waals surface area contributed by atoms with Crippen molar-refractivity contribution in [1.29, 1.82) is 0 Å². The number of anilines is 1. The Labute approximate surface area is 188 Å². The number of allylic oxidation sites excluding steroid dienone is 4. The number of amides is 1. The van der Waals surface area contributed by atoms with Gasteiger partial charge in [0.05, 0.1) is 28.0 Å². The predicted octanol–water partition coefficient (Wildman–Crippen LogP) is 6.20. The lowest BCUT2D eigenvalue weighted by molar-refractivity contribution is -0.188. The van der Waals surface area contributed by atoms with Gasteiger partial charge >= 0.3 is 12.1 Å². The monoisotopic (exact) mass is 475 g/mol. The minimum Gasteiger partial charge on any atom is -0.481 e. The molecule has 9 heteroatoms. The van der Waals surface area contributed by atoms with E-state index in [1.54, 1.807) is 18.2 Å². The summed E-state index contributed by atoms with van der Waals surface area (Å²) in [4.78, 5) is 24.5. The highest BCUT2D eigenvalue weighted by atomic mass is 35.5. The first-order chi connectivity index (χ1) is 14.4. The lowest BCUT2D eigenvalue weighted by Gasteiger charge is -2.31. The molecule has 2 aliphatic rings. The fourth-order valence-corrected chi connectivity index (χ4v) is 4.29. The third-order valence-electron chi connectivity index (χ3n) is 6.08. The van der Waals surface area contributed by atoms with Crippen LogP contribution in [-0.2, 0) is 16.0 Å². The quantitative estimate of drug-likeness (QED) is 0.493. The van der Waals surface area contributed by atoms with Gasteiger partial charge in [0.1, 0.15) is 0 Å². The Morgan fingerprint density at radius 1 is 1.29 bits per heavy atom. The second-order valence-corrected chi connectivity index (χ2v) is 9.05. The Morgan fingerprint density at radius 2 is 1.97 bits per heavy atom. The number of carboxylic acid groups (broad SMARTS) is 1. The van der Waals surface area contributed by atoms with Crippen LogP contribution in [0.1, 0.15) is 31.7 Å². The van der Waals surface area contributed by atoms with E-state index < -0.39 is 41.2 Å². The smallest absolute Gasteiger partial charge is 0.392 e. The number of carbonyl (C=O) groups is 2. The van der Waals surface area contributed by atoms with Gasteiger partial charge in [0.15, 0.2) is 0 Å². The molecule has 4 nitrogen and oxygen atoms in total. The first-order valence-electron chi connectivity index (χ1n) is 9.87. The Morgan fingerprint density at radius 3 is 2.48 bits per heavy atom. The van der Waals surface area contributed by atoms with Crippen molar-refractivity contribution in [3.05, 3.63) is 52.0 Å². The number of alkyl halides is 3. The summed E-state index contributed by atoms with van der Waals surface area (Å²) in [6, 6.07) is 4.75. The van der Waals surface area contributed by atoms with Crippen LogP contribution in [0.4, 0.5) is 18.9 Å². The first-order valence-corrected chi connectivity index (χ1v) is 10.6. The zero-order valence-electron chi connectivity index (χ0n) is 16.7. The van der Waals surface area contributed by atoms with Crippen molar-refractivity contribution in [3.8, 4) is 0 Å². The van der Waals surface area contributed by atoms with Gasteiger partial charge in [-0.2, -0.15) is 13.2 Å². The largest absolute Gasteiger partial charge is 0.481 e. The molecule has 2 aliphatic carbocycles. The molecule has 168 valence electrons. The van der Waals surface area contributed by atoms with E-state index in [0.717, 1.165) is 6.92 Å². The van der Waals surface area contributed by atoms with Crippen molar-refractivity contribution in [2.75, 3.05) is 5.32 Å². The number of benzene rings is 1. The van der Waals surface area contributed by atoms with Gasteiger partial charge < -0.3 is 10.4 Å². The van der Waals surface area contributed by atoms with Gasteiger partial charge in [-0.15, -0.1) is 0 Å². The Hall–Kier alpha value is -1.99. The number of hydrogen-bond donors (Lipinski definition) is 2. The normalized spacial score (nSPS) is 21.7. The van der Waals surface area contributed by atoms with E-state index in [1.807, 2.05) is 0 Å². The molecular formula is C22H22Cl2F3NO3. The van der Waals surface area contributed by atoms with E-state index in [2.05, 4.69) is 5.32 Å². The highest BCUT2D eigenvalue weighted by molar-refractivity contribution is 6.34. The second-order valence-electron chi connectivity index (χ2n) is 8.23. The molecule has 0 aromatic heterocycles. The van der Waals surface area contributed by atoms with Crippen molar-refractivity contribution in [1.82, 2.24) is 0 Å². The molecule has 31 heavy (non-hydrogen) atoms. The summed E-state index contributed by atoms with van der Waals surface area (Å²) in [7, 11) is 0. The van der Waals surface area contributed by atoms with E-state index in [1.165, 1.54) is 18.2 Å². The molecule has 2 N–H and O–H groups in total. The fraction of sp³-hybridized carbons (Fsp3) is 0.455. The molecule has 3 atom stereocenters. The number of nitrogens with one attached hydrogen (secondary N) is 1. The van der Waals surface area contributed by atoms with Gasteiger partial charge in [0, 0.05) is 5.03 Å². The van der Waals surface area contributed by atoms with Gasteiger partial charge in [-0.25, -0.2) is 0 Å². The van der Waals surface area contributed by atoms with Crippen molar-refractivity contribution in [3.63, 3.8) is 0 Å². The number of hydrogen-bond acceptors (Lipinski definition) is 2. The van der Waals surface area contributed by atoms with Crippen LogP contribution in [0.5, 0.6) is 0 Å². The predicted molar refractivity (Wildman–Crippen MR) is 113 cm³/mol. The van der Waals surface area contributed by atoms with Crippen LogP contribution in [0.15, 0.2) is 41.5 Å². The molecule has 0 aliphatic heterocycles. The van der Waals surface area contributed by atoms with E-state index in [4.69, 9.17) is 23.2 Å². The molecule has 1 amide bonds. The second kappa shape index (κ2) is 8.87. The molecule has 0 saturated heterocycles. The van der Waals surface area contributed by atoms with Crippen molar-refractivity contribution in [2.45, 2.75) is 38.8 Å². The van der Waals surface area contributed by atoms with Gasteiger partial charge in [0.25, 0.3) is 0 Å². The summed E-state index contributed by atoms with van der Waals surface area (Å²) in [6.07, 6.45) is 1.51. The zero-order valence-corrected chi connectivity index (χ0v) is 18.2. The fourth-order valence-electron chi connectivity index (χ4n) is 3.88. The maximum Gasteiger partial charge on any atom is 0.392 e. The molecule has 1 saturated carbocycles. The third-order valence-corrected chi connectivity index (χ3v) is 6.81. The summed E-state index contributed by atoms with van der Waals surface area (Å²) < 4.78 is 40.5. The molecular weight excluding hydrogens is 454 g/mol. The standard InChI is InChI=1S/C22H22Cl2F3NO3/c1-12(22(25,26)27)17(13-5-7-15(23)8-6-13)19(29)28-16-4-2-3-14(18(16)24)11-21(9-10-21)20(30)31/h2-5,7-8,12-13,17H,6,9-11H2,1H3,(H,28,29)(H,30,31)/t12-,13?,17+/m1/s1. The number of rotatable bonds is 7. The lowest BCUT2D eigenvalue weighted by Crippen LogP contribution is -2.40. The topological polar surface area (TPSA) is 66.4 Å². The number of carbonyl (C=O) groups excluding carboxylic acids is 1. The average molecular weight is 476 g/mol. The van der Waals surface area contributed by atoms with Crippen LogP contribution in [-0.4, -0.2) is 23.2 Å². The van der Waals surface area contributed by atoms with E-state index in [0.29, 0.717) is 23.4 Å².